The predicted molar refractivity (Wildman–Crippen MR) is 203 cm³/mol. The Morgan fingerprint density at radius 2 is 1.02 bits per heavy atom. The second-order valence-electron chi connectivity index (χ2n) is 11.8. The number of thiazole rings is 1. The van der Waals surface area contributed by atoms with Gasteiger partial charge in [-0.25, -0.2) is 19.9 Å². The molecule has 48 heavy (non-hydrogen) atoms. The minimum absolute atomic E-state index is 0.626. The van der Waals surface area contributed by atoms with E-state index in [1.165, 1.54) is 30.9 Å². The van der Waals surface area contributed by atoms with E-state index in [1.807, 2.05) is 24.3 Å². The van der Waals surface area contributed by atoms with Crippen LogP contribution in [0.3, 0.4) is 0 Å². The summed E-state index contributed by atoms with van der Waals surface area (Å²) in [5, 5.41) is 8.12. The molecule has 0 atom stereocenters. The molecule has 0 saturated heterocycles. The highest BCUT2D eigenvalue weighted by molar-refractivity contribution is 7.27. The zero-order valence-corrected chi connectivity index (χ0v) is 27.1. The first kappa shape index (κ1) is 27.3. The van der Waals surface area contributed by atoms with E-state index in [4.69, 9.17) is 19.9 Å². The van der Waals surface area contributed by atoms with Crippen molar-refractivity contribution < 1.29 is 0 Å². The summed E-state index contributed by atoms with van der Waals surface area (Å²) >= 11 is 3.51. The minimum Gasteiger partial charge on any atom is -0.235 e. The van der Waals surface area contributed by atoms with E-state index in [1.54, 1.807) is 22.7 Å². The first-order chi connectivity index (χ1) is 23.8. The van der Waals surface area contributed by atoms with Crippen LogP contribution in [0.5, 0.6) is 0 Å². The predicted octanol–water partition coefficient (Wildman–Crippen LogP) is 11.8. The quantitative estimate of drug-likeness (QED) is 0.178. The molecule has 0 N–H and O–H groups in total. The molecular formula is C42H24N4S2. The zero-order valence-electron chi connectivity index (χ0n) is 25.5. The van der Waals surface area contributed by atoms with Gasteiger partial charge in [0, 0.05) is 36.9 Å². The van der Waals surface area contributed by atoms with Crippen molar-refractivity contribution in [2.45, 2.75) is 0 Å². The van der Waals surface area contributed by atoms with Crippen LogP contribution in [0.15, 0.2) is 146 Å². The van der Waals surface area contributed by atoms with Gasteiger partial charge >= 0.3 is 0 Å². The van der Waals surface area contributed by atoms with Gasteiger partial charge in [0.2, 0.25) is 0 Å². The standard InChI is InChI=1S/C42H24N4S2/c1-3-12-26(13-4-1)39-44-40(29-21-22-31-28(23-29)20-19-25-11-7-8-16-30(25)31)46-41(45-39)37-36-32-17-9-10-18-33(32)47-34(36)24-35-38(37)43-42(48-35)27-14-5-2-6-15-27/h1-24H. The molecule has 10 aromatic rings. The molecule has 10 rings (SSSR count). The molecule has 0 aliphatic rings. The van der Waals surface area contributed by atoms with E-state index in [9.17, 15) is 0 Å². The lowest BCUT2D eigenvalue weighted by atomic mass is 10.00. The fraction of sp³-hybridized carbons (Fsp3) is 0. The molecule has 0 aliphatic carbocycles. The highest BCUT2D eigenvalue weighted by atomic mass is 32.1. The topological polar surface area (TPSA) is 51.6 Å². The Hall–Kier alpha value is -5.82. The zero-order chi connectivity index (χ0) is 31.6. The summed E-state index contributed by atoms with van der Waals surface area (Å²) in [4.78, 5) is 20.9. The van der Waals surface area contributed by atoms with Gasteiger partial charge < -0.3 is 0 Å². The Morgan fingerprint density at radius 3 is 1.85 bits per heavy atom. The van der Waals surface area contributed by atoms with Gasteiger partial charge in [-0.05, 0) is 39.7 Å². The second kappa shape index (κ2) is 10.9. The van der Waals surface area contributed by atoms with Crippen molar-refractivity contribution in [2.24, 2.45) is 0 Å². The third-order valence-corrected chi connectivity index (χ3v) is 11.1. The molecule has 6 heteroatoms. The van der Waals surface area contributed by atoms with Crippen molar-refractivity contribution in [3.8, 4) is 44.7 Å². The lowest BCUT2D eigenvalue weighted by Crippen LogP contribution is -2.01. The Bertz CT molecular complexity index is 2840. The first-order valence-electron chi connectivity index (χ1n) is 15.8. The van der Waals surface area contributed by atoms with Crippen LogP contribution in [0.4, 0.5) is 0 Å². The molecule has 0 saturated carbocycles. The highest BCUT2D eigenvalue weighted by Crippen LogP contribution is 2.46. The van der Waals surface area contributed by atoms with Crippen LogP contribution in [0.1, 0.15) is 0 Å². The maximum absolute atomic E-state index is 5.29. The van der Waals surface area contributed by atoms with Crippen LogP contribution in [0.25, 0.3) is 96.7 Å². The lowest BCUT2D eigenvalue weighted by molar-refractivity contribution is 1.08. The van der Waals surface area contributed by atoms with E-state index in [-0.39, 0.29) is 0 Å². The molecule has 4 nitrogen and oxygen atoms in total. The van der Waals surface area contributed by atoms with E-state index < -0.39 is 0 Å². The average molecular weight is 649 g/mol. The molecule has 224 valence electrons. The summed E-state index contributed by atoms with van der Waals surface area (Å²) in [6.45, 7) is 0. The second-order valence-corrected chi connectivity index (χ2v) is 14.0. The van der Waals surface area contributed by atoms with Gasteiger partial charge in [0.05, 0.1) is 15.8 Å². The van der Waals surface area contributed by atoms with Crippen LogP contribution in [0, 0.1) is 0 Å². The van der Waals surface area contributed by atoms with Crippen LogP contribution < -0.4 is 0 Å². The van der Waals surface area contributed by atoms with Gasteiger partial charge in [0.25, 0.3) is 0 Å². The van der Waals surface area contributed by atoms with Gasteiger partial charge in [0.15, 0.2) is 17.5 Å². The number of rotatable bonds is 4. The Labute approximate surface area is 283 Å². The van der Waals surface area contributed by atoms with Gasteiger partial charge in [-0.15, -0.1) is 22.7 Å². The largest absolute Gasteiger partial charge is 0.235 e. The lowest BCUT2D eigenvalue weighted by Gasteiger charge is -2.11. The van der Waals surface area contributed by atoms with Gasteiger partial charge in [-0.3, -0.25) is 0 Å². The molecular weight excluding hydrogens is 625 g/mol. The summed E-state index contributed by atoms with van der Waals surface area (Å²) in [6.07, 6.45) is 0. The van der Waals surface area contributed by atoms with Gasteiger partial charge in [0.1, 0.15) is 5.01 Å². The molecule has 0 unspecified atom stereocenters. The minimum atomic E-state index is 0.626. The summed E-state index contributed by atoms with van der Waals surface area (Å²) in [7, 11) is 0. The van der Waals surface area contributed by atoms with Crippen LogP contribution in [0.2, 0.25) is 0 Å². The summed E-state index contributed by atoms with van der Waals surface area (Å²) in [5.41, 5.74) is 4.85. The van der Waals surface area contributed by atoms with Crippen molar-refractivity contribution in [1.82, 2.24) is 19.9 Å². The smallest absolute Gasteiger partial charge is 0.167 e. The third-order valence-electron chi connectivity index (χ3n) is 8.94. The number of benzene rings is 7. The number of hydrogen-bond donors (Lipinski definition) is 0. The normalized spacial score (nSPS) is 11.8. The molecule has 0 aliphatic heterocycles. The summed E-state index contributed by atoms with van der Waals surface area (Å²) < 4.78 is 3.54. The van der Waals surface area contributed by atoms with Crippen molar-refractivity contribution in [2.75, 3.05) is 0 Å². The molecule has 0 bridgehead atoms. The third kappa shape index (κ3) is 4.42. The van der Waals surface area contributed by atoms with Crippen LogP contribution in [-0.4, -0.2) is 19.9 Å². The molecule has 0 fully saturated rings. The molecule has 3 heterocycles. The Morgan fingerprint density at radius 1 is 0.375 bits per heavy atom. The SMILES string of the molecule is c1ccc(-c2nc(-c3ccc4c(ccc5ccccc54)c3)nc(-c3c4nc(-c5ccccc5)sc4cc4sc5ccccc5c34)n2)cc1. The summed E-state index contributed by atoms with van der Waals surface area (Å²) in [6, 6.07) is 50.9. The van der Waals surface area contributed by atoms with E-state index in [0.717, 1.165) is 48.3 Å². The molecule has 7 aromatic carbocycles. The number of nitrogens with zero attached hydrogens (tertiary/aromatic N) is 4. The van der Waals surface area contributed by atoms with E-state index >= 15 is 0 Å². The Kier molecular flexibility index (Phi) is 6.19. The number of fused-ring (bicyclic) bond motifs is 7. The van der Waals surface area contributed by atoms with E-state index in [0.29, 0.717) is 17.5 Å². The molecule has 0 spiro atoms. The molecule has 0 radical (unpaired) electrons. The van der Waals surface area contributed by atoms with Crippen molar-refractivity contribution in [3.05, 3.63) is 146 Å². The number of thiophene rings is 1. The fourth-order valence-corrected chi connectivity index (χ4v) is 8.93. The number of aromatic nitrogens is 4. The van der Waals surface area contributed by atoms with Gasteiger partial charge in [-0.1, -0.05) is 127 Å². The summed E-state index contributed by atoms with van der Waals surface area (Å²) in [5.74, 6) is 1.90. The monoisotopic (exact) mass is 648 g/mol. The average Bonchev–Trinajstić information content (AvgIpc) is 3.75. The molecule has 0 amide bonds. The maximum atomic E-state index is 5.29. The highest BCUT2D eigenvalue weighted by Gasteiger charge is 2.23. The van der Waals surface area contributed by atoms with Crippen LogP contribution in [-0.2, 0) is 0 Å². The number of hydrogen-bond acceptors (Lipinski definition) is 6. The van der Waals surface area contributed by atoms with Gasteiger partial charge in [-0.2, -0.15) is 0 Å². The van der Waals surface area contributed by atoms with Crippen molar-refractivity contribution in [3.63, 3.8) is 0 Å². The van der Waals surface area contributed by atoms with Crippen LogP contribution >= 0.6 is 22.7 Å². The van der Waals surface area contributed by atoms with Crippen molar-refractivity contribution >= 4 is 74.6 Å². The Balaban J connectivity index is 1.28. The fourth-order valence-electron chi connectivity index (χ4n) is 6.68. The first-order valence-corrected chi connectivity index (χ1v) is 17.4. The maximum Gasteiger partial charge on any atom is 0.167 e. The van der Waals surface area contributed by atoms with Crippen molar-refractivity contribution in [1.29, 1.82) is 0 Å². The molecule has 3 aromatic heterocycles. The van der Waals surface area contributed by atoms with E-state index in [2.05, 4.69) is 121 Å².